The Morgan fingerprint density at radius 1 is 1.25 bits per heavy atom. The summed E-state index contributed by atoms with van der Waals surface area (Å²) in [5, 5.41) is 3.52. The number of aryl methyl sites for hydroxylation is 1. The molecule has 0 bridgehead atoms. The van der Waals surface area contributed by atoms with Gasteiger partial charge in [-0.15, -0.1) is 0 Å². The lowest BCUT2D eigenvalue weighted by Crippen LogP contribution is -2.16. The van der Waals surface area contributed by atoms with E-state index in [9.17, 15) is 0 Å². The maximum atomic E-state index is 3.52. The summed E-state index contributed by atoms with van der Waals surface area (Å²) >= 11 is 0. The lowest BCUT2D eigenvalue weighted by molar-refractivity contribution is 0.690. The van der Waals surface area contributed by atoms with E-state index in [-0.39, 0.29) is 0 Å². The average Bonchev–Trinajstić information content (AvgIpc) is 3.09. The van der Waals surface area contributed by atoms with Crippen molar-refractivity contribution in [3.63, 3.8) is 0 Å². The van der Waals surface area contributed by atoms with Crippen molar-refractivity contribution in [1.82, 2.24) is 5.32 Å². The monoisotopic (exact) mass is 215 g/mol. The molecule has 0 unspecified atom stereocenters. The third-order valence-electron chi connectivity index (χ3n) is 3.09. The van der Waals surface area contributed by atoms with Crippen LogP contribution in [0.3, 0.4) is 0 Å². The highest BCUT2D eigenvalue weighted by Gasteiger charge is 2.19. The maximum Gasteiger partial charge on any atom is 0.00683 e. The molecule has 1 nitrogen and oxygen atoms in total. The largest absolute Gasteiger partial charge is 0.314 e. The quantitative estimate of drug-likeness (QED) is 0.567. The predicted molar refractivity (Wildman–Crippen MR) is 69.7 cm³/mol. The first-order valence-corrected chi connectivity index (χ1v) is 6.29. The van der Waals surface area contributed by atoms with E-state index in [1.807, 2.05) is 0 Å². The fourth-order valence-electron chi connectivity index (χ4n) is 1.83. The first-order chi connectivity index (χ1) is 7.86. The van der Waals surface area contributed by atoms with Crippen molar-refractivity contribution >= 4 is 0 Å². The van der Waals surface area contributed by atoms with Gasteiger partial charge >= 0.3 is 0 Å². The molecule has 1 heteroatoms. The second kappa shape index (κ2) is 5.86. The van der Waals surface area contributed by atoms with Crippen LogP contribution in [-0.2, 0) is 6.42 Å². The molecule has 0 aromatic heterocycles. The second-order valence-electron chi connectivity index (χ2n) is 4.62. The summed E-state index contributed by atoms with van der Waals surface area (Å²) in [6, 6.07) is 9.44. The SMILES string of the molecule is Cc1ccccc1CC=CCCNC1CC1. The number of hydrogen-bond donors (Lipinski definition) is 1. The van der Waals surface area contributed by atoms with Crippen LogP contribution in [0.4, 0.5) is 0 Å². The Balaban J connectivity index is 1.65. The van der Waals surface area contributed by atoms with Gasteiger partial charge in [-0.25, -0.2) is 0 Å². The van der Waals surface area contributed by atoms with Crippen LogP contribution in [0.2, 0.25) is 0 Å². The molecule has 0 atom stereocenters. The molecule has 0 radical (unpaired) electrons. The van der Waals surface area contributed by atoms with Crippen LogP contribution in [-0.4, -0.2) is 12.6 Å². The van der Waals surface area contributed by atoms with Crippen molar-refractivity contribution in [3.8, 4) is 0 Å². The number of allylic oxidation sites excluding steroid dienone is 1. The third kappa shape index (κ3) is 3.82. The van der Waals surface area contributed by atoms with Gasteiger partial charge in [0.1, 0.15) is 0 Å². The molecule has 1 aromatic carbocycles. The predicted octanol–water partition coefficient (Wildman–Crippen LogP) is 3.24. The molecule has 1 aliphatic carbocycles. The van der Waals surface area contributed by atoms with Crippen molar-refractivity contribution in [2.75, 3.05) is 6.54 Å². The van der Waals surface area contributed by atoms with E-state index >= 15 is 0 Å². The van der Waals surface area contributed by atoms with Gasteiger partial charge in [0.05, 0.1) is 0 Å². The maximum absolute atomic E-state index is 3.52. The molecule has 1 N–H and O–H groups in total. The van der Waals surface area contributed by atoms with Gasteiger partial charge < -0.3 is 5.32 Å². The minimum absolute atomic E-state index is 0.838. The van der Waals surface area contributed by atoms with E-state index < -0.39 is 0 Å². The minimum atomic E-state index is 0.838. The smallest absolute Gasteiger partial charge is 0.00683 e. The molecule has 0 heterocycles. The summed E-state index contributed by atoms with van der Waals surface area (Å²) in [6.07, 6.45) is 9.57. The summed E-state index contributed by atoms with van der Waals surface area (Å²) in [6.45, 7) is 3.31. The Hall–Kier alpha value is -1.08. The van der Waals surface area contributed by atoms with E-state index in [0.717, 1.165) is 25.4 Å². The van der Waals surface area contributed by atoms with Gasteiger partial charge in [0.15, 0.2) is 0 Å². The molecule has 0 saturated heterocycles. The van der Waals surface area contributed by atoms with E-state index in [1.165, 1.54) is 24.0 Å². The molecular weight excluding hydrogens is 194 g/mol. The van der Waals surface area contributed by atoms with Gasteiger partial charge in [-0.3, -0.25) is 0 Å². The van der Waals surface area contributed by atoms with E-state index in [4.69, 9.17) is 0 Å². The van der Waals surface area contributed by atoms with Gasteiger partial charge in [-0.05, 0) is 50.3 Å². The number of benzene rings is 1. The number of hydrogen-bond acceptors (Lipinski definition) is 1. The van der Waals surface area contributed by atoms with Crippen LogP contribution < -0.4 is 5.32 Å². The molecule has 1 saturated carbocycles. The minimum Gasteiger partial charge on any atom is -0.314 e. The fraction of sp³-hybridized carbons (Fsp3) is 0.467. The third-order valence-corrected chi connectivity index (χ3v) is 3.09. The Bertz CT molecular complexity index is 350. The van der Waals surface area contributed by atoms with Crippen LogP contribution in [0.1, 0.15) is 30.4 Å². The van der Waals surface area contributed by atoms with Crippen molar-refractivity contribution < 1.29 is 0 Å². The van der Waals surface area contributed by atoms with Crippen molar-refractivity contribution in [2.24, 2.45) is 0 Å². The van der Waals surface area contributed by atoms with E-state index in [2.05, 4.69) is 48.7 Å². The van der Waals surface area contributed by atoms with Crippen LogP contribution in [0.15, 0.2) is 36.4 Å². The molecule has 1 fully saturated rings. The van der Waals surface area contributed by atoms with Gasteiger partial charge in [0.25, 0.3) is 0 Å². The van der Waals surface area contributed by atoms with Crippen LogP contribution in [0.25, 0.3) is 0 Å². The summed E-state index contributed by atoms with van der Waals surface area (Å²) < 4.78 is 0. The molecule has 86 valence electrons. The molecule has 16 heavy (non-hydrogen) atoms. The number of rotatable bonds is 6. The second-order valence-corrected chi connectivity index (χ2v) is 4.62. The number of nitrogens with one attached hydrogen (secondary N) is 1. The zero-order valence-corrected chi connectivity index (χ0v) is 10.1. The fourth-order valence-corrected chi connectivity index (χ4v) is 1.83. The standard InChI is InChI=1S/C15H21N/c1-13-7-4-5-9-14(13)8-3-2-6-12-16-15-10-11-15/h2-5,7,9,15-16H,6,8,10-12H2,1H3. The van der Waals surface area contributed by atoms with Gasteiger partial charge in [0, 0.05) is 6.04 Å². The zero-order chi connectivity index (χ0) is 11.2. The molecule has 2 rings (SSSR count). The van der Waals surface area contributed by atoms with E-state index in [0.29, 0.717) is 0 Å². The highest BCUT2D eigenvalue weighted by atomic mass is 14.9. The molecule has 1 aliphatic rings. The molecule has 0 amide bonds. The molecular formula is C15H21N. The highest BCUT2D eigenvalue weighted by Crippen LogP contribution is 2.18. The van der Waals surface area contributed by atoms with Crippen LogP contribution >= 0.6 is 0 Å². The normalized spacial score (nSPS) is 15.8. The Labute approximate surface area is 98.6 Å². The molecule has 0 aliphatic heterocycles. The van der Waals surface area contributed by atoms with Crippen molar-refractivity contribution in [3.05, 3.63) is 47.5 Å². The summed E-state index contributed by atoms with van der Waals surface area (Å²) in [5.41, 5.74) is 2.83. The Kier molecular flexibility index (Phi) is 4.17. The molecule has 0 spiro atoms. The van der Waals surface area contributed by atoms with Gasteiger partial charge in [-0.2, -0.15) is 0 Å². The molecule has 1 aromatic rings. The highest BCUT2D eigenvalue weighted by molar-refractivity contribution is 5.27. The van der Waals surface area contributed by atoms with Gasteiger partial charge in [-0.1, -0.05) is 36.4 Å². The first-order valence-electron chi connectivity index (χ1n) is 6.29. The summed E-state index contributed by atoms with van der Waals surface area (Å²) in [4.78, 5) is 0. The van der Waals surface area contributed by atoms with Gasteiger partial charge in [0.2, 0.25) is 0 Å². The summed E-state index contributed by atoms with van der Waals surface area (Å²) in [5.74, 6) is 0. The van der Waals surface area contributed by atoms with Crippen molar-refractivity contribution in [2.45, 2.75) is 38.6 Å². The average molecular weight is 215 g/mol. The zero-order valence-electron chi connectivity index (χ0n) is 10.1. The lowest BCUT2D eigenvalue weighted by Gasteiger charge is -2.01. The Morgan fingerprint density at radius 3 is 2.81 bits per heavy atom. The first kappa shape index (κ1) is 11.4. The topological polar surface area (TPSA) is 12.0 Å². The lowest BCUT2D eigenvalue weighted by atomic mass is 10.1. The summed E-state index contributed by atoms with van der Waals surface area (Å²) in [7, 11) is 0. The van der Waals surface area contributed by atoms with Crippen molar-refractivity contribution in [1.29, 1.82) is 0 Å². The van der Waals surface area contributed by atoms with Crippen LogP contribution in [0, 0.1) is 6.92 Å². The van der Waals surface area contributed by atoms with Crippen LogP contribution in [0.5, 0.6) is 0 Å². The Morgan fingerprint density at radius 2 is 2.06 bits per heavy atom. The van der Waals surface area contributed by atoms with E-state index in [1.54, 1.807) is 0 Å².